The lowest BCUT2D eigenvalue weighted by molar-refractivity contribution is -0.316. The predicted molar refractivity (Wildman–Crippen MR) is 26.9 cm³/mol. The first-order chi connectivity index (χ1) is 4.58. The predicted octanol–water partition coefficient (Wildman–Crippen LogP) is 0.644. The lowest BCUT2D eigenvalue weighted by Crippen LogP contribution is -2.26. The van der Waals surface area contributed by atoms with E-state index >= 15 is 0 Å². The minimum absolute atomic E-state index is 0.144. The van der Waals surface area contributed by atoms with Crippen molar-refractivity contribution in [1.29, 1.82) is 0 Å². The normalized spacial score (nSPS) is 20.3. The van der Waals surface area contributed by atoms with Crippen LogP contribution < -0.4 is 5.32 Å². The first-order valence-corrected chi connectivity index (χ1v) is 2.44. The molecule has 1 heterocycles. The molecule has 1 aliphatic heterocycles. The highest BCUT2D eigenvalue weighted by Crippen LogP contribution is 2.20. The summed E-state index contributed by atoms with van der Waals surface area (Å²) in [5, 5.41) is 2.27. The maximum Gasteiger partial charge on any atom is 0.524 e. The van der Waals surface area contributed by atoms with Gasteiger partial charge in [-0.1, -0.05) is 0 Å². The van der Waals surface area contributed by atoms with Gasteiger partial charge in [0.25, 0.3) is 0 Å². The number of nitrogens with one attached hydrogen (secondary N) is 1. The Bertz CT molecular complexity index is 144. The van der Waals surface area contributed by atoms with Crippen LogP contribution >= 0.6 is 0 Å². The number of nitrogens with zero attached hydrogens (tertiary/aromatic N) is 1. The van der Waals surface area contributed by atoms with E-state index in [1.54, 1.807) is 0 Å². The minimum Gasteiger partial charge on any atom is -0.277 e. The monoisotopic (exact) mass is 153 g/mol. The molecule has 10 heavy (non-hydrogen) atoms. The molecule has 1 aliphatic rings. The molecule has 0 aromatic heterocycles. The van der Waals surface area contributed by atoms with E-state index in [0.717, 1.165) is 6.21 Å². The van der Waals surface area contributed by atoms with Gasteiger partial charge in [0.05, 0.1) is 12.9 Å². The summed E-state index contributed by atoms with van der Waals surface area (Å²) in [6, 6.07) is 0. The second-order valence-corrected chi connectivity index (χ2v) is 1.56. The van der Waals surface area contributed by atoms with Crippen LogP contribution in [0.25, 0.3) is 0 Å². The third kappa shape index (κ3) is 2.32. The van der Waals surface area contributed by atoms with Crippen LogP contribution in [0.3, 0.4) is 0 Å². The SMILES string of the molecule is FC(F)(F)O[C]1C=NCN1. The summed E-state index contributed by atoms with van der Waals surface area (Å²) in [6.07, 6.45) is -3.99. The molecular weight excluding hydrogens is 149 g/mol. The lowest BCUT2D eigenvalue weighted by atomic mass is 10.6. The van der Waals surface area contributed by atoms with Gasteiger partial charge in [0.15, 0.2) is 0 Å². The molecule has 0 aliphatic carbocycles. The van der Waals surface area contributed by atoms with Crippen molar-refractivity contribution in [2.24, 2.45) is 4.99 Å². The summed E-state index contributed by atoms with van der Waals surface area (Å²) in [5.74, 6) is 0. The average Bonchev–Trinajstić information content (AvgIpc) is 2.12. The molecule has 3 nitrogen and oxygen atoms in total. The second kappa shape index (κ2) is 2.55. The maximum atomic E-state index is 11.4. The Kier molecular flexibility index (Phi) is 1.91. The van der Waals surface area contributed by atoms with Crippen LogP contribution in [-0.2, 0) is 4.74 Å². The van der Waals surface area contributed by atoms with Gasteiger partial charge in [-0.05, 0) is 0 Å². The molecule has 0 spiro atoms. The van der Waals surface area contributed by atoms with Crippen LogP contribution in [0.1, 0.15) is 0 Å². The van der Waals surface area contributed by atoms with Gasteiger partial charge in [-0.15, -0.1) is 13.2 Å². The van der Waals surface area contributed by atoms with Gasteiger partial charge in [0.1, 0.15) is 0 Å². The molecule has 0 aromatic rings. The smallest absolute Gasteiger partial charge is 0.277 e. The number of alkyl halides is 3. The largest absolute Gasteiger partial charge is 0.524 e. The van der Waals surface area contributed by atoms with Crippen molar-refractivity contribution in [1.82, 2.24) is 5.32 Å². The molecule has 0 unspecified atom stereocenters. The van der Waals surface area contributed by atoms with E-state index in [-0.39, 0.29) is 12.9 Å². The summed E-state index contributed by atoms with van der Waals surface area (Å²) in [4.78, 5) is 3.45. The van der Waals surface area contributed by atoms with E-state index in [0.29, 0.717) is 0 Å². The van der Waals surface area contributed by atoms with Crippen molar-refractivity contribution in [3.63, 3.8) is 0 Å². The van der Waals surface area contributed by atoms with E-state index in [2.05, 4.69) is 15.0 Å². The Morgan fingerprint density at radius 2 is 2.30 bits per heavy atom. The zero-order chi connectivity index (χ0) is 7.61. The Balaban J connectivity index is 2.31. The summed E-state index contributed by atoms with van der Waals surface area (Å²) >= 11 is 0. The van der Waals surface area contributed by atoms with Gasteiger partial charge < -0.3 is 0 Å². The van der Waals surface area contributed by atoms with E-state index in [4.69, 9.17) is 0 Å². The Hall–Kier alpha value is -0.620. The zero-order valence-electron chi connectivity index (χ0n) is 4.77. The quantitative estimate of drug-likeness (QED) is 0.599. The average molecular weight is 153 g/mol. The number of ether oxygens (including phenoxy) is 1. The number of aliphatic imine (C=N–C) groups is 1. The molecule has 0 atom stereocenters. The Morgan fingerprint density at radius 1 is 1.60 bits per heavy atom. The minimum atomic E-state index is -4.63. The van der Waals surface area contributed by atoms with E-state index in [9.17, 15) is 13.2 Å². The zero-order valence-corrected chi connectivity index (χ0v) is 4.77. The van der Waals surface area contributed by atoms with Crippen molar-refractivity contribution >= 4 is 6.21 Å². The van der Waals surface area contributed by atoms with Gasteiger partial charge >= 0.3 is 6.36 Å². The lowest BCUT2D eigenvalue weighted by Gasteiger charge is -2.09. The highest BCUT2D eigenvalue weighted by molar-refractivity contribution is 5.72. The van der Waals surface area contributed by atoms with Crippen LogP contribution in [0.5, 0.6) is 0 Å². The van der Waals surface area contributed by atoms with Crippen LogP contribution in [-0.4, -0.2) is 19.2 Å². The summed E-state index contributed by atoms with van der Waals surface area (Å²) < 4.78 is 37.5. The number of halogens is 3. The molecule has 0 aromatic carbocycles. The van der Waals surface area contributed by atoms with Crippen molar-refractivity contribution in [3.8, 4) is 0 Å². The molecule has 1 rings (SSSR count). The molecule has 0 saturated heterocycles. The van der Waals surface area contributed by atoms with E-state index in [1.807, 2.05) is 0 Å². The number of hydrogen-bond acceptors (Lipinski definition) is 3. The topological polar surface area (TPSA) is 33.6 Å². The van der Waals surface area contributed by atoms with E-state index in [1.165, 1.54) is 0 Å². The summed E-state index contributed by atoms with van der Waals surface area (Å²) in [7, 11) is 0. The molecule has 0 fully saturated rings. The molecule has 0 bridgehead atoms. The standard InChI is InChI=1S/C4H4F3N2O/c5-4(6,7)10-3-1-8-2-9-3/h1,9H,2H2. The van der Waals surface area contributed by atoms with Crippen molar-refractivity contribution in [3.05, 3.63) is 6.23 Å². The second-order valence-electron chi connectivity index (χ2n) is 1.56. The van der Waals surface area contributed by atoms with Crippen LogP contribution in [0, 0.1) is 6.23 Å². The summed E-state index contributed by atoms with van der Waals surface area (Å²) in [5.41, 5.74) is 0. The van der Waals surface area contributed by atoms with E-state index < -0.39 is 6.36 Å². The molecule has 6 heteroatoms. The van der Waals surface area contributed by atoms with Gasteiger partial charge in [0.2, 0.25) is 6.23 Å². The highest BCUT2D eigenvalue weighted by atomic mass is 19.4. The van der Waals surface area contributed by atoms with Gasteiger partial charge in [-0.2, -0.15) is 0 Å². The molecule has 57 valence electrons. The Morgan fingerprint density at radius 3 is 2.70 bits per heavy atom. The molecular formula is C4H4F3N2O. The van der Waals surface area contributed by atoms with Crippen LogP contribution in [0.4, 0.5) is 13.2 Å². The molecule has 0 saturated carbocycles. The fourth-order valence-electron chi connectivity index (χ4n) is 0.485. The fraction of sp³-hybridized carbons (Fsp3) is 0.500. The van der Waals surface area contributed by atoms with Crippen molar-refractivity contribution < 1.29 is 17.9 Å². The molecule has 1 N–H and O–H groups in total. The number of hydrogen-bond donors (Lipinski definition) is 1. The van der Waals surface area contributed by atoms with Crippen molar-refractivity contribution in [2.75, 3.05) is 6.67 Å². The first-order valence-electron chi connectivity index (χ1n) is 2.44. The number of rotatable bonds is 1. The Labute approximate surface area is 54.9 Å². The maximum absolute atomic E-state index is 11.4. The third-order valence-electron chi connectivity index (χ3n) is 0.779. The molecule has 0 amide bonds. The third-order valence-corrected chi connectivity index (χ3v) is 0.779. The first kappa shape index (κ1) is 7.49. The fourth-order valence-corrected chi connectivity index (χ4v) is 0.485. The highest BCUT2D eigenvalue weighted by Gasteiger charge is 2.34. The van der Waals surface area contributed by atoms with Gasteiger partial charge in [-0.25, -0.2) is 0 Å². The van der Waals surface area contributed by atoms with Gasteiger partial charge in [0, 0.05) is 0 Å². The summed E-state index contributed by atoms with van der Waals surface area (Å²) in [6.45, 7) is 0.144. The van der Waals surface area contributed by atoms with Crippen molar-refractivity contribution in [2.45, 2.75) is 6.36 Å². The van der Waals surface area contributed by atoms with Gasteiger partial charge in [-0.3, -0.25) is 15.0 Å². The van der Waals surface area contributed by atoms with Crippen LogP contribution in [0.15, 0.2) is 4.99 Å². The van der Waals surface area contributed by atoms with Crippen LogP contribution in [0.2, 0.25) is 0 Å². The molecule has 1 radical (unpaired) electrons.